The van der Waals surface area contributed by atoms with Gasteiger partial charge in [0.2, 0.25) is 0 Å². The van der Waals surface area contributed by atoms with Gasteiger partial charge < -0.3 is 10.4 Å². The molecule has 4 nitrogen and oxygen atoms in total. The summed E-state index contributed by atoms with van der Waals surface area (Å²) < 4.78 is 0. The second-order valence-electron chi connectivity index (χ2n) is 3.49. The van der Waals surface area contributed by atoms with Crippen LogP contribution in [0, 0.1) is 6.92 Å². The van der Waals surface area contributed by atoms with Gasteiger partial charge in [0.25, 0.3) is 0 Å². The molecule has 0 amide bonds. The summed E-state index contributed by atoms with van der Waals surface area (Å²) in [5.41, 5.74) is 2.77. The van der Waals surface area contributed by atoms with E-state index in [0.717, 1.165) is 23.4 Å². The Kier molecular flexibility index (Phi) is 2.21. The largest absolute Gasteiger partial charge is 0.481 e. The molecule has 0 bridgehead atoms. The third kappa shape index (κ3) is 1.37. The van der Waals surface area contributed by atoms with E-state index in [2.05, 4.69) is 10.3 Å². The summed E-state index contributed by atoms with van der Waals surface area (Å²) in [6.07, 6.45) is 1.72. The lowest BCUT2D eigenvalue weighted by atomic mass is 9.90. The number of aliphatic carboxylic acids is 1. The molecule has 0 aromatic carbocycles. The quantitative estimate of drug-likeness (QED) is 0.686. The average Bonchev–Trinajstić information content (AvgIpc) is 2.17. The van der Waals surface area contributed by atoms with Gasteiger partial charge in [-0.05, 0) is 24.1 Å². The number of fused-ring (bicyclic) bond motifs is 1. The predicted octanol–water partition coefficient (Wildman–Crippen LogP) is 0.661. The van der Waals surface area contributed by atoms with Crippen LogP contribution in [0.4, 0.5) is 0 Å². The second-order valence-corrected chi connectivity index (χ2v) is 3.49. The van der Waals surface area contributed by atoms with Crippen LogP contribution >= 0.6 is 0 Å². The highest BCUT2D eigenvalue weighted by Crippen LogP contribution is 2.25. The SMILES string of the molecule is Cc1nccc2c1C(C(=O)O)CNC2. The second kappa shape index (κ2) is 3.38. The zero-order valence-corrected chi connectivity index (χ0v) is 7.95. The minimum absolute atomic E-state index is 0.451. The fourth-order valence-corrected chi connectivity index (χ4v) is 1.92. The molecule has 1 aromatic rings. The number of aryl methyl sites for hydroxylation is 1. The van der Waals surface area contributed by atoms with E-state index in [0.29, 0.717) is 6.54 Å². The summed E-state index contributed by atoms with van der Waals surface area (Å²) in [5.74, 6) is -1.23. The maximum absolute atomic E-state index is 11.0. The Bertz CT molecular complexity index is 376. The van der Waals surface area contributed by atoms with Crippen molar-refractivity contribution in [2.24, 2.45) is 0 Å². The molecule has 2 rings (SSSR count). The Labute approximate surface area is 82.0 Å². The van der Waals surface area contributed by atoms with Crippen LogP contribution < -0.4 is 5.32 Å². The van der Waals surface area contributed by atoms with Gasteiger partial charge in [0.1, 0.15) is 0 Å². The van der Waals surface area contributed by atoms with Crippen molar-refractivity contribution in [3.8, 4) is 0 Å². The van der Waals surface area contributed by atoms with Gasteiger partial charge in [0.05, 0.1) is 5.92 Å². The number of carboxylic acid groups (broad SMARTS) is 1. The van der Waals surface area contributed by atoms with Crippen LogP contribution in [0.25, 0.3) is 0 Å². The van der Waals surface area contributed by atoms with Crippen LogP contribution in [0.5, 0.6) is 0 Å². The normalized spacial score (nSPS) is 20.2. The number of rotatable bonds is 1. The standard InChI is InChI=1S/C10H12N2O2/c1-6-9-7(2-3-12-6)4-11-5-8(9)10(13)14/h2-3,8,11H,4-5H2,1H3,(H,13,14). The molecule has 1 unspecified atom stereocenters. The van der Waals surface area contributed by atoms with E-state index in [1.807, 2.05) is 13.0 Å². The lowest BCUT2D eigenvalue weighted by Gasteiger charge is -2.24. The topological polar surface area (TPSA) is 62.2 Å². The summed E-state index contributed by atoms with van der Waals surface area (Å²) in [4.78, 5) is 15.1. The van der Waals surface area contributed by atoms with Gasteiger partial charge in [-0.15, -0.1) is 0 Å². The van der Waals surface area contributed by atoms with E-state index in [-0.39, 0.29) is 0 Å². The molecule has 0 radical (unpaired) electrons. The van der Waals surface area contributed by atoms with Crippen molar-refractivity contribution in [2.75, 3.05) is 6.54 Å². The van der Waals surface area contributed by atoms with Crippen molar-refractivity contribution in [3.05, 3.63) is 29.1 Å². The molecule has 1 aliphatic heterocycles. The first-order valence-corrected chi connectivity index (χ1v) is 4.58. The van der Waals surface area contributed by atoms with Crippen LogP contribution in [0.15, 0.2) is 12.3 Å². The lowest BCUT2D eigenvalue weighted by molar-refractivity contribution is -0.138. The molecule has 0 saturated heterocycles. The van der Waals surface area contributed by atoms with Gasteiger partial charge in [0, 0.05) is 25.0 Å². The summed E-state index contributed by atoms with van der Waals surface area (Å²) in [6.45, 7) is 3.09. The third-order valence-corrected chi connectivity index (χ3v) is 2.59. The molecule has 2 heterocycles. The molecule has 1 aromatic heterocycles. The summed E-state index contributed by atoms with van der Waals surface area (Å²) in [5, 5.41) is 12.1. The van der Waals surface area contributed by atoms with Crippen LogP contribution in [0.3, 0.4) is 0 Å². The van der Waals surface area contributed by atoms with Gasteiger partial charge in [-0.25, -0.2) is 0 Å². The number of nitrogens with one attached hydrogen (secondary N) is 1. The minimum atomic E-state index is -0.783. The third-order valence-electron chi connectivity index (χ3n) is 2.59. The number of carboxylic acids is 1. The molecule has 0 saturated carbocycles. The molecule has 14 heavy (non-hydrogen) atoms. The predicted molar refractivity (Wildman–Crippen MR) is 51.1 cm³/mol. The maximum atomic E-state index is 11.0. The van der Waals surface area contributed by atoms with Gasteiger partial charge in [0.15, 0.2) is 0 Å². The van der Waals surface area contributed by atoms with E-state index in [4.69, 9.17) is 5.11 Å². The number of carbonyl (C=O) groups is 1. The van der Waals surface area contributed by atoms with E-state index in [1.165, 1.54) is 0 Å². The number of hydrogen-bond acceptors (Lipinski definition) is 3. The Balaban J connectivity index is 2.52. The van der Waals surface area contributed by atoms with Crippen LogP contribution in [0.2, 0.25) is 0 Å². The fourth-order valence-electron chi connectivity index (χ4n) is 1.92. The fraction of sp³-hybridized carbons (Fsp3) is 0.400. The first kappa shape index (κ1) is 9.15. The molecule has 0 spiro atoms. The number of hydrogen-bond donors (Lipinski definition) is 2. The highest BCUT2D eigenvalue weighted by atomic mass is 16.4. The van der Waals surface area contributed by atoms with Crippen molar-refractivity contribution in [2.45, 2.75) is 19.4 Å². The molecule has 0 fully saturated rings. The molecule has 0 aliphatic carbocycles. The summed E-state index contributed by atoms with van der Waals surface area (Å²) in [6, 6.07) is 1.88. The first-order chi connectivity index (χ1) is 6.70. The number of pyridine rings is 1. The maximum Gasteiger partial charge on any atom is 0.312 e. The van der Waals surface area contributed by atoms with E-state index in [9.17, 15) is 4.79 Å². The monoisotopic (exact) mass is 192 g/mol. The van der Waals surface area contributed by atoms with E-state index < -0.39 is 11.9 Å². The highest BCUT2D eigenvalue weighted by molar-refractivity contribution is 5.77. The molecule has 74 valence electrons. The molecule has 1 aliphatic rings. The van der Waals surface area contributed by atoms with Crippen molar-refractivity contribution in [3.63, 3.8) is 0 Å². The van der Waals surface area contributed by atoms with Crippen molar-refractivity contribution >= 4 is 5.97 Å². The Morgan fingerprint density at radius 2 is 2.50 bits per heavy atom. The number of nitrogens with zero attached hydrogens (tertiary/aromatic N) is 1. The smallest absolute Gasteiger partial charge is 0.312 e. The van der Waals surface area contributed by atoms with Crippen LogP contribution in [-0.2, 0) is 11.3 Å². The highest BCUT2D eigenvalue weighted by Gasteiger charge is 2.27. The zero-order chi connectivity index (χ0) is 10.1. The average molecular weight is 192 g/mol. The zero-order valence-electron chi connectivity index (χ0n) is 7.95. The van der Waals surface area contributed by atoms with Gasteiger partial charge in [-0.2, -0.15) is 0 Å². The Hall–Kier alpha value is -1.42. The molecule has 2 N–H and O–H groups in total. The van der Waals surface area contributed by atoms with Gasteiger partial charge in [-0.1, -0.05) is 0 Å². The molecular formula is C10H12N2O2. The van der Waals surface area contributed by atoms with Gasteiger partial charge in [-0.3, -0.25) is 9.78 Å². The number of aromatic nitrogens is 1. The summed E-state index contributed by atoms with van der Waals surface area (Å²) >= 11 is 0. The van der Waals surface area contributed by atoms with Crippen LogP contribution in [-0.4, -0.2) is 22.6 Å². The van der Waals surface area contributed by atoms with Crippen LogP contribution in [0.1, 0.15) is 22.7 Å². The van der Waals surface area contributed by atoms with Crippen molar-refractivity contribution in [1.29, 1.82) is 0 Å². The molecular weight excluding hydrogens is 180 g/mol. The Morgan fingerprint density at radius 3 is 3.21 bits per heavy atom. The first-order valence-electron chi connectivity index (χ1n) is 4.58. The van der Waals surface area contributed by atoms with Crippen molar-refractivity contribution < 1.29 is 9.90 Å². The van der Waals surface area contributed by atoms with Crippen molar-refractivity contribution in [1.82, 2.24) is 10.3 Å². The lowest BCUT2D eigenvalue weighted by Crippen LogP contribution is -2.33. The van der Waals surface area contributed by atoms with E-state index >= 15 is 0 Å². The van der Waals surface area contributed by atoms with Gasteiger partial charge >= 0.3 is 5.97 Å². The molecule has 1 atom stereocenters. The van der Waals surface area contributed by atoms with E-state index in [1.54, 1.807) is 6.20 Å². The Morgan fingerprint density at radius 1 is 1.71 bits per heavy atom. The molecule has 4 heteroatoms. The summed E-state index contributed by atoms with van der Waals surface area (Å²) in [7, 11) is 0. The minimum Gasteiger partial charge on any atom is -0.481 e.